The number of aromatic nitrogens is 1. The zero-order valence-corrected chi connectivity index (χ0v) is 12.7. The number of hydrogen-bond acceptors (Lipinski definition) is 5. The van der Waals surface area contributed by atoms with Crippen LogP contribution in [-0.4, -0.2) is 23.5 Å². The summed E-state index contributed by atoms with van der Waals surface area (Å²) in [5, 5.41) is 4.28. The third-order valence-corrected chi connectivity index (χ3v) is 4.60. The van der Waals surface area contributed by atoms with E-state index < -0.39 is 0 Å². The molecule has 0 radical (unpaired) electrons. The Labute approximate surface area is 118 Å². The van der Waals surface area contributed by atoms with Crippen molar-refractivity contribution in [2.75, 3.05) is 18.5 Å². The van der Waals surface area contributed by atoms with Crippen LogP contribution in [0.4, 0.5) is 5.00 Å². The molecule has 0 unspecified atom stereocenters. The average molecular weight is 282 g/mol. The van der Waals surface area contributed by atoms with Gasteiger partial charge in [0.2, 0.25) is 0 Å². The first-order valence-electron chi connectivity index (χ1n) is 6.99. The predicted octanol–water partition coefficient (Wildman–Crippen LogP) is 3.62. The Bertz CT molecular complexity index is 452. The van der Waals surface area contributed by atoms with Gasteiger partial charge in [-0.05, 0) is 50.1 Å². The summed E-state index contributed by atoms with van der Waals surface area (Å²) in [6.45, 7) is 7.23. The molecule has 1 heterocycles. The molecule has 0 amide bonds. The second-order valence-corrected chi connectivity index (χ2v) is 6.07. The van der Waals surface area contributed by atoms with Gasteiger partial charge in [-0.1, -0.05) is 13.3 Å². The van der Waals surface area contributed by atoms with Gasteiger partial charge in [-0.15, -0.1) is 0 Å². The van der Waals surface area contributed by atoms with E-state index in [1.165, 1.54) is 37.2 Å². The maximum Gasteiger partial charge on any atom is 0.343 e. The summed E-state index contributed by atoms with van der Waals surface area (Å²) in [6, 6.07) is 0. The molecule has 4 nitrogen and oxygen atoms in total. The van der Waals surface area contributed by atoms with Crippen LogP contribution in [0.1, 0.15) is 55.6 Å². The normalized spacial score (nSPS) is 16.2. The monoisotopic (exact) mass is 282 g/mol. The number of aryl methyl sites for hydroxylation is 1. The molecule has 0 saturated heterocycles. The second kappa shape index (κ2) is 5.90. The van der Waals surface area contributed by atoms with Crippen LogP contribution in [0, 0.1) is 12.3 Å². The van der Waals surface area contributed by atoms with Gasteiger partial charge in [0.1, 0.15) is 10.6 Å². The number of hydrogen-bond donors (Lipinski definition) is 1. The summed E-state index contributed by atoms with van der Waals surface area (Å²) in [6.07, 6.45) is 5.06. The van der Waals surface area contributed by atoms with Gasteiger partial charge in [0, 0.05) is 6.54 Å². The third-order valence-electron chi connectivity index (χ3n) is 3.70. The minimum absolute atomic E-state index is 0.267. The lowest BCUT2D eigenvalue weighted by atomic mass is 10.0. The Morgan fingerprint density at radius 2 is 2.21 bits per heavy atom. The molecule has 106 valence electrons. The van der Waals surface area contributed by atoms with Crippen molar-refractivity contribution in [3.63, 3.8) is 0 Å². The summed E-state index contributed by atoms with van der Waals surface area (Å²) >= 11 is 1.35. The van der Waals surface area contributed by atoms with E-state index in [0.717, 1.165) is 17.2 Å². The van der Waals surface area contributed by atoms with Crippen molar-refractivity contribution in [1.82, 2.24) is 4.37 Å². The van der Waals surface area contributed by atoms with E-state index in [0.29, 0.717) is 17.6 Å². The molecule has 0 spiro atoms. The van der Waals surface area contributed by atoms with E-state index in [9.17, 15) is 4.79 Å². The molecule has 0 aliphatic heterocycles. The Kier molecular flexibility index (Phi) is 4.45. The van der Waals surface area contributed by atoms with Gasteiger partial charge in [-0.2, -0.15) is 4.37 Å². The number of carbonyl (C=O) groups is 1. The minimum atomic E-state index is -0.267. The van der Waals surface area contributed by atoms with Crippen molar-refractivity contribution >= 4 is 22.5 Å². The zero-order valence-electron chi connectivity index (χ0n) is 11.9. The van der Waals surface area contributed by atoms with Gasteiger partial charge >= 0.3 is 5.97 Å². The third kappa shape index (κ3) is 3.26. The summed E-state index contributed by atoms with van der Waals surface area (Å²) < 4.78 is 9.36. The molecule has 1 aromatic rings. The van der Waals surface area contributed by atoms with Crippen LogP contribution in [0.3, 0.4) is 0 Å². The Morgan fingerprint density at radius 1 is 1.47 bits per heavy atom. The molecule has 2 rings (SSSR count). The molecule has 1 saturated carbocycles. The number of carbonyl (C=O) groups excluding carboxylic acids is 1. The number of nitrogens with zero attached hydrogens (tertiary/aromatic N) is 1. The number of esters is 1. The highest BCUT2D eigenvalue weighted by molar-refractivity contribution is 7.10. The summed E-state index contributed by atoms with van der Waals surface area (Å²) in [4.78, 5) is 11.9. The molecule has 1 fully saturated rings. The molecular weight excluding hydrogens is 260 g/mol. The zero-order chi connectivity index (χ0) is 13.9. The van der Waals surface area contributed by atoms with Gasteiger partial charge in [0.05, 0.1) is 12.3 Å². The van der Waals surface area contributed by atoms with Gasteiger partial charge < -0.3 is 10.1 Å². The van der Waals surface area contributed by atoms with Gasteiger partial charge in [-0.25, -0.2) is 4.79 Å². The Hall–Kier alpha value is -1.10. The fourth-order valence-corrected chi connectivity index (χ4v) is 3.20. The van der Waals surface area contributed by atoms with Gasteiger partial charge in [-0.3, -0.25) is 0 Å². The maximum absolute atomic E-state index is 11.9. The first-order chi connectivity index (χ1) is 9.12. The smallest absolute Gasteiger partial charge is 0.343 e. The van der Waals surface area contributed by atoms with E-state index in [1.54, 1.807) is 0 Å². The van der Waals surface area contributed by atoms with Crippen molar-refractivity contribution < 1.29 is 9.53 Å². The van der Waals surface area contributed by atoms with Crippen molar-refractivity contribution in [3.8, 4) is 0 Å². The number of ether oxygens (including phenoxy) is 1. The summed E-state index contributed by atoms with van der Waals surface area (Å²) in [5.41, 5.74) is 1.82. The molecular formula is C14H22N2O2S. The topological polar surface area (TPSA) is 51.2 Å². The van der Waals surface area contributed by atoms with Crippen LogP contribution in [0.15, 0.2) is 0 Å². The predicted molar refractivity (Wildman–Crippen MR) is 77.9 cm³/mol. The largest absolute Gasteiger partial charge is 0.462 e. The Balaban J connectivity index is 2.02. The number of rotatable bonds is 7. The van der Waals surface area contributed by atoms with E-state index in [4.69, 9.17) is 4.74 Å². The standard InChI is InChI=1S/C14H22N2O2S/c1-4-6-14(7-8-14)9-15-12-11(10(3)16-19-12)13(17)18-5-2/h15H,4-9H2,1-3H3. The van der Waals surface area contributed by atoms with Crippen molar-refractivity contribution in [1.29, 1.82) is 0 Å². The maximum atomic E-state index is 11.9. The molecule has 1 aliphatic rings. The highest BCUT2D eigenvalue weighted by atomic mass is 32.1. The van der Waals surface area contributed by atoms with Crippen molar-refractivity contribution in [2.45, 2.75) is 46.5 Å². The van der Waals surface area contributed by atoms with E-state index in [1.807, 2.05) is 13.8 Å². The quantitative estimate of drug-likeness (QED) is 0.776. The highest BCUT2D eigenvalue weighted by Crippen LogP contribution is 2.49. The van der Waals surface area contributed by atoms with Crippen LogP contribution >= 0.6 is 11.5 Å². The first kappa shape index (κ1) is 14.3. The van der Waals surface area contributed by atoms with E-state index in [-0.39, 0.29) is 5.97 Å². The van der Waals surface area contributed by atoms with Crippen LogP contribution in [-0.2, 0) is 4.74 Å². The first-order valence-corrected chi connectivity index (χ1v) is 7.76. The number of anilines is 1. The molecule has 19 heavy (non-hydrogen) atoms. The molecule has 1 aromatic heterocycles. The van der Waals surface area contributed by atoms with E-state index >= 15 is 0 Å². The second-order valence-electron chi connectivity index (χ2n) is 5.30. The SMILES string of the molecule is CCCC1(CNc2snc(C)c2C(=O)OCC)CC1. The van der Waals surface area contributed by atoms with Crippen LogP contribution in [0.25, 0.3) is 0 Å². The number of nitrogens with one attached hydrogen (secondary N) is 1. The lowest BCUT2D eigenvalue weighted by Crippen LogP contribution is -2.16. The molecule has 0 bridgehead atoms. The van der Waals surface area contributed by atoms with Gasteiger partial charge in [0.15, 0.2) is 0 Å². The van der Waals surface area contributed by atoms with Crippen LogP contribution in [0.5, 0.6) is 0 Å². The fraction of sp³-hybridized carbons (Fsp3) is 0.714. The molecule has 0 atom stereocenters. The Morgan fingerprint density at radius 3 is 2.79 bits per heavy atom. The van der Waals surface area contributed by atoms with Crippen molar-refractivity contribution in [3.05, 3.63) is 11.3 Å². The van der Waals surface area contributed by atoms with E-state index in [2.05, 4.69) is 16.6 Å². The molecule has 1 aliphatic carbocycles. The van der Waals surface area contributed by atoms with Crippen molar-refractivity contribution in [2.24, 2.45) is 5.41 Å². The molecule has 1 N–H and O–H groups in total. The van der Waals surface area contributed by atoms with Crippen LogP contribution in [0.2, 0.25) is 0 Å². The molecule has 0 aromatic carbocycles. The fourth-order valence-electron chi connectivity index (χ4n) is 2.42. The van der Waals surface area contributed by atoms with Crippen LogP contribution < -0.4 is 5.32 Å². The molecule has 5 heteroatoms. The summed E-state index contributed by atoms with van der Waals surface area (Å²) in [5.74, 6) is -0.267. The highest BCUT2D eigenvalue weighted by Gasteiger charge is 2.41. The lowest BCUT2D eigenvalue weighted by Gasteiger charge is -2.15. The van der Waals surface area contributed by atoms with Gasteiger partial charge in [0.25, 0.3) is 0 Å². The minimum Gasteiger partial charge on any atom is -0.462 e. The lowest BCUT2D eigenvalue weighted by molar-refractivity contribution is 0.0527. The average Bonchev–Trinajstić information content (AvgIpc) is 3.03. The summed E-state index contributed by atoms with van der Waals surface area (Å²) in [7, 11) is 0.